The normalized spacial score (nSPS) is 10.1. The topological polar surface area (TPSA) is 34.0 Å². The first-order valence-corrected chi connectivity index (χ1v) is 4.39. The van der Waals surface area contributed by atoms with E-state index < -0.39 is 0 Å². The van der Waals surface area contributed by atoms with Gasteiger partial charge >= 0.3 is 0 Å². The maximum atomic E-state index is 4.26. The van der Waals surface area contributed by atoms with Crippen molar-refractivity contribution in [1.82, 2.24) is 14.5 Å². The summed E-state index contributed by atoms with van der Waals surface area (Å²) in [4.78, 5) is 10.3. The summed E-state index contributed by atoms with van der Waals surface area (Å²) in [5, 5.41) is 0. The van der Waals surface area contributed by atoms with Crippen LogP contribution in [0.1, 0.15) is 0 Å². The van der Waals surface area contributed by atoms with Crippen molar-refractivity contribution in [3.8, 4) is 5.82 Å². The van der Waals surface area contributed by atoms with Crippen LogP contribution >= 0.6 is 0 Å². The van der Waals surface area contributed by atoms with Gasteiger partial charge in [0, 0.05) is 44.4 Å². The van der Waals surface area contributed by atoms with Crippen LogP contribution in [0.5, 0.6) is 0 Å². The fourth-order valence-corrected chi connectivity index (χ4v) is 1.22. The van der Waals surface area contributed by atoms with Gasteiger partial charge in [0.15, 0.2) is 0 Å². The molecule has 2 aromatic heterocycles. The molecule has 0 bridgehead atoms. The predicted molar refractivity (Wildman–Crippen MR) is 55.7 cm³/mol. The van der Waals surface area contributed by atoms with Crippen molar-refractivity contribution in [2.75, 3.05) is 19.0 Å². The van der Waals surface area contributed by atoms with Gasteiger partial charge in [-0.3, -0.25) is 4.57 Å². The lowest BCUT2D eigenvalue weighted by atomic mass is 10.3. The van der Waals surface area contributed by atoms with Gasteiger partial charge in [-0.1, -0.05) is 0 Å². The molecule has 0 amide bonds. The average Bonchev–Trinajstić information content (AvgIpc) is 2.71. The number of hydrogen-bond acceptors (Lipinski definition) is 3. The second-order valence-corrected chi connectivity index (χ2v) is 3.24. The molecule has 0 aliphatic rings. The van der Waals surface area contributed by atoms with Crippen LogP contribution in [-0.2, 0) is 0 Å². The SMILES string of the molecule is CN(C)c1ccnc(-n2ccnc2)c1. The number of anilines is 1. The zero-order valence-corrected chi connectivity index (χ0v) is 8.25. The molecule has 0 atom stereocenters. The van der Waals surface area contributed by atoms with Crippen molar-refractivity contribution in [3.63, 3.8) is 0 Å². The van der Waals surface area contributed by atoms with Crippen LogP contribution in [-0.4, -0.2) is 28.6 Å². The molecule has 2 aromatic rings. The Morgan fingerprint density at radius 1 is 1.29 bits per heavy atom. The van der Waals surface area contributed by atoms with Crippen molar-refractivity contribution in [2.45, 2.75) is 0 Å². The number of nitrogens with zero attached hydrogens (tertiary/aromatic N) is 4. The van der Waals surface area contributed by atoms with E-state index in [2.05, 4.69) is 9.97 Å². The zero-order valence-electron chi connectivity index (χ0n) is 8.25. The first-order chi connectivity index (χ1) is 6.77. The van der Waals surface area contributed by atoms with Crippen LogP contribution in [0.4, 0.5) is 5.69 Å². The van der Waals surface area contributed by atoms with Crippen LogP contribution in [0.25, 0.3) is 5.82 Å². The largest absolute Gasteiger partial charge is 0.378 e. The number of imidazole rings is 1. The minimum atomic E-state index is 0.883. The molecule has 4 nitrogen and oxygen atoms in total. The number of rotatable bonds is 2. The molecule has 4 heteroatoms. The lowest BCUT2D eigenvalue weighted by molar-refractivity contribution is 0.985. The van der Waals surface area contributed by atoms with Crippen molar-refractivity contribution < 1.29 is 0 Å². The van der Waals surface area contributed by atoms with Crippen molar-refractivity contribution in [2.24, 2.45) is 0 Å². The smallest absolute Gasteiger partial charge is 0.139 e. The molecule has 72 valence electrons. The van der Waals surface area contributed by atoms with E-state index in [0.29, 0.717) is 0 Å². The Morgan fingerprint density at radius 3 is 2.79 bits per heavy atom. The summed E-state index contributed by atoms with van der Waals surface area (Å²) in [5.74, 6) is 0.883. The predicted octanol–water partition coefficient (Wildman–Crippen LogP) is 1.33. The summed E-state index contributed by atoms with van der Waals surface area (Å²) >= 11 is 0. The molecule has 0 N–H and O–H groups in total. The monoisotopic (exact) mass is 188 g/mol. The highest BCUT2D eigenvalue weighted by molar-refractivity contribution is 5.48. The van der Waals surface area contributed by atoms with E-state index in [1.54, 1.807) is 18.7 Å². The molecule has 0 spiro atoms. The van der Waals surface area contributed by atoms with Crippen LogP contribution in [0.3, 0.4) is 0 Å². The Kier molecular flexibility index (Phi) is 2.18. The van der Waals surface area contributed by atoms with Gasteiger partial charge in [0.05, 0.1) is 0 Å². The standard InChI is InChI=1S/C10H12N4/c1-13(2)9-3-4-12-10(7-9)14-6-5-11-8-14/h3-8H,1-2H3. The first-order valence-electron chi connectivity index (χ1n) is 4.39. The Bertz CT molecular complexity index is 406. The van der Waals surface area contributed by atoms with E-state index in [1.165, 1.54) is 0 Å². The third kappa shape index (κ3) is 1.59. The van der Waals surface area contributed by atoms with Crippen molar-refractivity contribution in [3.05, 3.63) is 37.1 Å². The van der Waals surface area contributed by atoms with Crippen LogP contribution < -0.4 is 4.90 Å². The molecule has 2 heterocycles. The third-order valence-electron chi connectivity index (χ3n) is 2.01. The second-order valence-electron chi connectivity index (χ2n) is 3.24. The molecular weight excluding hydrogens is 176 g/mol. The highest BCUT2D eigenvalue weighted by atomic mass is 15.1. The molecule has 0 aliphatic carbocycles. The second kappa shape index (κ2) is 3.49. The third-order valence-corrected chi connectivity index (χ3v) is 2.01. The summed E-state index contributed by atoms with van der Waals surface area (Å²) in [7, 11) is 4.01. The average molecular weight is 188 g/mol. The molecule has 0 radical (unpaired) electrons. The lowest BCUT2D eigenvalue weighted by Gasteiger charge is -2.12. The summed E-state index contributed by atoms with van der Waals surface area (Å²) < 4.78 is 1.88. The summed E-state index contributed by atoms with van der Waals surface area (Å²) in [5.41, 5.74) is 1.13. The molecule has 0 saturated heterocycles. The van der Waals surface area contributed by atoms with Gasteiger partial charge in [0.2, 0.25) is 0 Å². The van der Waals surface area contributed by atoms with Gasteiger partial charge < -0.3 is 4.90 Å². The molecule has 0 aliphatic heterocycles. The maximum Gasteiger partial charge on any atom is 0.139 e. The Labute approximate surface area is 82.8 Å². The van der Waals surface area contributed by atoms with E-state index in [9.17, 15) is 0 Å². The summed E-state index contributed by atoms with van der Waals surface area (Å²) in [6, 6.07) is 3.99. The van der Waals surface area contributed by atoms with Crippen molar-refractivity contribution >= 4 is 5.69 Å². The van der Waals surface area contributed by atoms with E-state index >= 15 is 0 Å². The fourth-order valence-electron chi connectivity index (χ4n) is 1.22. The Morgan fingerprint density at radius 2 is 2.14 bits per heavy atom. The molecule has 2 rings (SSSR count). The molecule has 0 unspecified atom stereocenters. The van der Waals surface area contributed by atoms with Crippen LogP contribution in [0.2, 0.25) is 0 Å². The first kappa shape index (κ1) is 8.74. The lowest BCUT2D eigenvalue weighted by Crippen LogP contribution is -2.09. The number of aromatic nitrogens is 3. The van der Waals surface area contributed by atoms with E-state index in [0.717, 1.165) is 11.5 Å². The van der Waals surface area contributed by atoms with Crippen LogP contribution in [0, 0.1) is 0 Å². The van der Waals surface area contributed by atoms with E-state index in [4.69, 9.17) is 0 Å². The van der Waals surface area contributed by atoms with Gasteiger partial charge in [-0.15, -0.1) is 0 Å². The minimum absolute atomic E-state index is 0.883. The van der Waals surface area contributed by atoms with Crippen LogP contribution in [0.15, 0.2) is 37.1 Å². The molecule has 0 aromatic carbocycles. The Balaban J connectivity index is 2.41. The maximum absolute atomic E-state index is 4.26. The fraction of sp³-hybridized carbons (Fsp3) is 0.200. The van der Waals surface area contributed by atoms with Gasteiger partial charge in [-0.2, -0.15) is 0 Å². The van der Waals surface area contributed by atoms with Crippen molar-refractivity contribution in [1.29, 1.82) is 0 Å². The van der Waals surface area contributed by atoms with Gasteiger partial charge in [-0.25, -0.2) is 9.97 Å². The summed E-state index contributed by atoms with van der Waals surface area (Å²) in [6.07, 6.45) is 7.15. The van der Waals surface area contributed by atoms with E-state index in [-0.39, 0.29) is 0 Å². The highest BCUT2D eigenvalue weighted by Gasteiger charge is 1.99. The Hall–Kier alpha value is -1.84. The molecular formula is C10H12N4. The number of hydrogen-bond donors (Lipinski definition) is 0. The van der Waals surface area contributed by atoms with Gasteiger partial charge in [0.1, 0.15) is 12.1 Å². The van der Waals surface area contributed by atoms with Gasteiger partial charge in [0.25, 0.3) is 0 Å². The van der Waals surface area contributed by atoms with E-state index in [1.807, 2.05) is 41.9 Å². The highest BCUT2D eigenvalue weighted by Crippen LogP contribution is 2.13. The molecule has 0 fully saturated rings. The quantitative estimate of drug-likeness (QED) is 0.713. The number of pyridine rings is 1. The minimum Gasteiger partial charge on any atom is -0.378 e. The summed E-state index contributed by atoms with van der Waals surface area (Å²) in [6.45, 7) is 0. The molecule has 14 heavy (non-hydrogen) atoms. The zero-order chi connectivity index (χ0) is 9.97. The molecule has 0 saturated carbocycles. The van der Waals surface area contributed by atoms with Gasteiger partial charge in [-0.05, 0) is 6.07 Å².